The monoisotopic (exact) mass is 132 g/mol. The Morgan fingerprint density at radius 2 is 2.22 bits per heavy atom. The zero-order valence-electron chi connectivity index (χ0n) is 5.57. The van der Waals surface area contributed by atoms with Gasteiger partial charge in [-0.2, -0.15) is 0 Å². The van der Waals surface area contributed by atoms with Crippen LogP contribution >= 0.6 is 0 Å². The molecular formula is C5H12N2O2. The molecule has 0 bridgehead atoms. The predicted octanol–water partition coefficient (Wildman–Crippen LogP) is -0.428. The smallest absolute Gasteiger partial charge is 0.138 e. The van der Waals surface area contributed by atoms with Gasteiger partial charge < -0.3 is 15.2 Å². The van der Waals surface area contributed by atoms with Crippen molar-refractivity contribution in [2.75, 3.05) is 7.05 Å². The molecule has 0 aromatic carbocycles. The molecule has 0 aromatic rings. The molecule has 0 rings (SSSR count). The van der Waals surface area contributed by atoms with E-state index < -0.39 is 6.10 Å². The van der Waals surface area contributed by atoms with Crippen LogP contribution in [0.4, 0.5) is 0 Å². The molecule has 0 radical (unpaired) electrons. The van der Waals surface area contributed by atoms with Gasteiger partial charge in [-0.25, -0.2) is 5.84 Å². The van der Waals surface area contributed by atoms with Crippen molar-refractivity contribution in [2.45, 2.75) is 13.0 Å². The van der Waals surface area contributed by atoms with E-state index in [4.69, 9.17) is 16.1 Å². The summed E-state index contributed by atoms with van der Waals surface area (Å²) < 4.78 is 0. The van der Waals surface area contributed by atoms with E-state index in [2.05, 4.69) is 0 Å². The lowest BCUT2D eigenvalue weighted by Crippen LogP contribution is -2.21. The molecule has 54 valence electrons. The Hall–Kier alpha value is -0.740. The summed E-state index contributed by atoms with van der Waals surface area (Å²) >= 11 is 0. The lowest BCUT2D eigenvalue weighted by Gasteiger charge is -2.07. The first kappa shape index (κ1) is 8.26. The molecule has 9 heavy (non-hydrogen) atoms. The summed E-state index contributed by atoms with van der Waals surface area (Å²) in [6.07, 6.45) is 0.390. The van der Waals surface area contributed by atoms with Crippen LogP contribution in [-0.4, -0.2) is 28.4 Å². The molecule has 4 heteroatoms. The maximum absolute atomic E-state index is 8.79. The second kappa shape index (κ2) is 3.32. The van der Waals surface area contributed by atoms with Crippen molar-refractivity contribution >= 4 is 0 Å². The van der Waals surface area contributed by atoms with E-state index in [1.54, 1.807) is 7.05 Å². The third-order valence-electron chi connectivity index (χ3n) is 0.764. The number of hydrogen-bond acceptors (Lipinski definition) is 4. The molecule has 4 N–H and O–H groups in total. The van der Waals surface area contributed by atoms with Crippen LogP contribution in [0.25, 0.3) is 0 Å². The van der Waals surface area contributed by atoms with Crippen LogP contribution in [0.1, 0.15) is 6.92 Å². The summed E-state index contributed by atoms with van der Waals surface area (Å²) in [5.41, 5.74) is 0. The zero-order valence-corrected chi connectivity index (χ0v) is 5.57. The molecule has 1 unspecified atom stereocenters. The third kappa shape index (κ3) is 3.81. The molecule has 0 amide bonds. The molecule has 0 spiro atoms. The Labute approximate surface area is 54.2 Å². The molecule has 0 saturated heterocycles. The lowest BCUT2D eigenvalue weighted by molar-refractivity contribution is 0.164. The lowest BCUT2D eigenvalue weighted by atomic mass is 10.3. The van der Waals surface area contributed by atoms with Gasteiger partial charge in [-0.15, -0.1) is 0 Å². The van der Waals surface area contributed by atoms with E-state index in [9.17, 15) is 0 Å². The summed E-state index contributed by atoms with van der Waals surface area (Å²) in [5, 5.41) is 18.6. The minimum absolute atomic E-state index is 0.139. The van der Waals surface area contributed by atoms with Gasteiger partial charge >= 0.3 is 0 Å². The molecule has 0 heterocycles. The van der Waals surface area contributed by atoms with E-state index >= 15 is 0 Å². The van der Waals surface area contributed by atoms with Gasteiger partial charge in [0.1, 0.15) is 11.9 Å². The van der Waals surface area contributed by atoms with Gasteiger partial charge in [-0.3, -0.25) is 0 Å². The quantitative estimate of drug-likeness (QED) is 0.271. The van der Waals surface area contributed by atoms with Gasteiger partial charge in [-0.1, -0.05) is 0 Å². The van der Waals surface area contributed by atoms with Crippen molar-refractivity contribution in [1.82, 2.24) is 5.01 Å². The number of hydrogen-bond donors (Lipinski definition) is 3. The van der Waals surface area contributed by atoms with Crippen molar-refractivity contribution in [2.24, 2.45) is 5.84 Å². The highest BCUT2D eigenvalue weighted by atomic mass is 16.3. The number of nitrogens with zero attached hydrogens (tertiary/aromatic N) is 1. The first-order valence-electron chi connectivity index (χ1n) is 2.60. The van der Waals surface area contributed by atoms with Gasteiger partial charge in [0.05, 0.1) is 6.20 Å². The maximum Gasteiger partial charge on any atom is 0.138 e. The summed E-state index contributed by atoms with van der Waals surface area (Å²) in [6.45, 7) is 1.45. The Kier molecular flexibility index (Phi) is 3.05. The molecule has 4 nitrogen and oxygen atoms in total. The molecule has 0 aliphatic rings. The highest BCUT2D eigenvalue weighted by Gasteiger charge is 1.99. The average Bonchev–Trinajstić information content (AvgIpc) is 1.63. The van der Waals surface area contributed by atoms with Crippen molar-refractivity contribution in [3.8, 4) is 0 Å². The first-order chi connectivity index (χ1) is 4.04. The Balaban J connectivity index is 3.84. The maximum atomic E-state index is 8.79. The van der Waals surface area contributed by atoms with Gasteiger partial charge in [-0.05, 0) is 6.92 Å². The van der Waals surface area contributed by atoms with Crippen LogP contribution in [0, 0.1) is 0 Å². The van der Waals surface area contributed by atoms with E-state index in [1.165, 1.54) is 18.1 Å². The summed E-state index contributed by atoms with van der Waals surface area (Å²) in [6, 6.07) is 0. The topological polar surface area (TPSA) is 69.7 Å². The molecule has 0 fully saturated rings. The Morgan fingerprint density at radius 1 is 1.78 bits per heavy atom. The standard InChI is InChI=1S/C5H12N2O2/c1-4(8)5(9)3-7(2)6/h3-4,8-9H,6H2,1-2H3/b5-3-. The van der Waals surface area contributed by atoms with Crippen molar-refractivity contribution in [3.05, 3.63) is 12.0 Å². The van der Waals surface area contributed by atoms with Crippen molar-refractivity contribution in [1.29, 1.82) is 0 Å². The van der Waals surface area contributed by atoms with Crippen LogP contribution in [0.2, 0.25) is 0 Å². The molecule has 0 aromatic heterocycles. The highest BCUT2D eigenvalue weighted by Crippen LogP contribution is 1.94. The highest BCUT2D eigenvalue weighted by molar-refractivity contribution is 4.93. The molecule has 0 saturated carbocycles. The zero-order chi connectivity index (χ0) is 7.44. The second-order valence-electron chi connectivity index (χ2n) is 1.90. The largest absolute Gasteiger partial charge is 0.508 e. The first-order valence-corrected chi connectivity index (χ1v) is 2.60. The van der Waals surface area contributed by atoms with Crippen LogP contribution in [0.15, 0.2) is 12.0 Å². The minimum Gasteiger partial charge on any atom is -0.508 e. The van der Waals surface area contributed by atoms with E-state index in [1.807, 2.05) is 0 Å². The summed E-state index contributed by atoms with van der Waals surface area (Å²) in [5.74, 6) is 4.98. The van der Waals surface area contributed by atoms with Crippen molar-refractivity contribution in [3.63, 3.8) is 0 Å². The van der Waals surface area contributed by atoms with E-state index in [0.717, 1.165) is 0 Å². The Morgan fingerprint density at radius 3 is 2.33 bits per heavy atom. The van der Waals surface area contributed by atoms with E-state index in [-0.39, 0.29) is 5.76 Å². The minimum atomic E-state index is -0.851. The second-order valence-corrected chi connectivity index (χ2v) is 1.90. The van der Waals surface area contributed by atoms with Crippen LogP contribution in [0.3, 0.4) is 0 Å². The number of nitrogens with two attached hydrogens (primary N) is 1. The van der Waals surface area contributed by atoms with Gasteiger partial charge in [0.2, 0.25) is 0 Å². The number of rotatable bonds is 2. The van der Waals surface area contributed by atoms with Gasteiger partial charge in [0, 0.05) is 7.05 Å². The van der Waals surface area contributed by atoms with Crippen molar-refractivity contribution < 1.29 is 10.2 Å². The SMILES string of the molecule is CC(O)/C(O)=C/N(C)N. The Bertz CT molecular complexity index is 110. The van der Waals surface area contributed by atoms with Gasteiger partial charge in [0.15, 0.2) is 0 Å². The fourth-order valence-electron chi connectivity index (χ4n) is 0.317. The number of hydrazine groups is 1. The third-order valence-corrected chi connectivity index (χ3v) is 0.764. The van der Waals surface area contributed by atoms with Gasteiger partial charge in [0.25, 0.3) is 0 Å². The molecular weight excluding hydrogens is 120 g/mol. The molecule has 0 aliphatic carbocycles. The summed E-state index contributed by atoms with van der Waals surface area (Å²) in [7, 11) is 1.55. The number of aliphatic hydroxyl groups excluding tert-OH is 2. The van der Waals surface area contributed by atoms with Crippen LogP contribution in [-0.2, 0) is 0 Å². The fraction of sp³-hybridized carbons (Fsp3) is 0.600. The molecule has 1 atom stereocenters. The average molecular weight is 132 g/mol. The van der Waals surface area contributed by atoms with Crippen LogP contribution in [0.5, 0.6) is 0 Å². The normalized spacial score (nSPS) is 15.3. The van der Waals surface area contributed by atoms with E-state index in [0.29, 0.717) is 0 Å². The molecule has 0 aliphatic heterocycles. The summed E-state index contributed by atoms with van der Waals surface area (Å²) in [4.78, 5) is 0. The number of aliphatic hydroxyl groups is 2. The fourth-order valence-corrected chi connectivity index (χ4v) is 0.317. The predicted molar refractivity (Wildman–Crippen MR) is 34.3 cm³/mol. The van der Waals surface area contributed by atoms with Crippen LogP contribution < -0.4 is 5.84 Å².